The van der Waals surface area contributed by atoms with Gasteiger partial charge in [-0.25, -0.2) is 8.42 Å². The molecule has 3 unspecified atom stereocenters. The lowest BCUT2D eigenvalue weighted by Crippen LogP contribution is -2.56. The molecule has 0 N–H and O–H groups in total. The number of alkyl halides is 3. The number of hydrogen-bond donors (Lipinski definition) is 0. The fraction of sp³-hybridized carbons (Fsp3) is 0.889. The molecule has 0 aromatic heterocycles. The van der Waals surface area contributed by atoms with E-state index in [0.717, 1.165) is 0 Å². The summed E-state index contributed by atoms with van der Waals surface area (Å²) in [6.07, 6.45) is 1.91. The summed E-state index contributed by atoms with van der Waals surface area (Å²) in [5.41, 5.74) is 0. The van der Waals surface area contributed by atoms with E-state index in [1.54, 1.807) is 0 Å². The maximum atomic E-state index is 13.9. The van der Waals surface area contributed by atoms with E-state index in [0.29, 0.717) is 25.5 Å². The number of carbonyl (C=O) groups is 1. The van der Waals surface area contributed by atoms with Gasteiger partial charge in [0.2, 0.25) is 9.84 Å². The summed E-state index contributed by atoms with van der Waals surface area (Å²) >= 11 is 2.75. The quantitative estimate of drug-likeness (QED) is 0.729. The Morgan fingerprint density at radius 2 is 2.00 bits per heavy atom. The van der Waals surface area contributed by atoms with E-state index in [1.807, 2.05) is 0 Å². The minimum absolute atomic E-state index is 0.370. The fourth-order valence-corrected chi connectivity index (χ4v) is 5.16. The molecule has 0 heterocycles. The number of fused-ring (bicyclic) bond motifs is 2. The second kappa shape index (κ2) is 3.25. The predicted octanol–water partition coefficient (Wildman–Crippen LogP) is 1.76. The van der Waals surface area contributed by atoms with Gasteiger partial charge in [0.15, 0.2) is 10.1 Å². The highest BCUT2D eigenvalue weighted by molar-refractivity contribution is 9.10. The summed E-state index contributed by atoms with van der Waals surface area (Å²) in [6.45, 7) is 0. The van der Waals surface area contributed by atoms with E-state index in [9.17, 15) is 22.0 Å². The zero-order chi connectivity index (χ0) is 12.4. The predicted molar refractivity (Wildman–Crippen MR) is 57.3 cm³/mol. The summed E-state index contributed by atoms with van der Waals surface area (Å²) in [5.74, 6) is -1.63. The molecule has 0 radical (unpaired) electrons. The molecule has 2 aliphatic carbocycles. The first kappa shape index (κ1) is 12.4. The Hall–Kier alpha value is -0.0400. The summed E-state index contributed by atoms with van der Waals surface area (Å²) in [7, 11) is -4.60. The smallest absolute Gasteiger partial charge is 0.298 e. The van der Waals surface area contributed by atoms with E-state index in [-0.39, 0.29) is 0 Å². The van der Waals surface area contributed by atoms with E-state index < -0.39 is 37.0 Å². The second-order valence-corrected chi connectivity index (χ2v) is 7.88. The molecule has 0 aliphatic heterocycles. The molecule has 92 valence electrons. The average Bonchev–Trinajstić information content (AvgIpc) is 2.68. The normalized spacial score (nSPS) is 39.4. The zero-order valence-electron chi connectivity index (χ0n) is 8.54. The highest BCUT2D eigenvalue weighted by Gasteiger charge is 2.72. The van der Waals surface area contributed by atoms with Gasteiger partial charge in [-0.05, 0) is 25.2 Å². The third-order valence-electron chi connectivity index (χ3n) is 3.61. The van der Waals surface area contributed by atoms with Crippen molar-refractivity contribution in [2.24, 2.45) is 11.8 Å². The van der Waals surface area contributed by atoms with Crippen molar-refractivity contribution in [1.82, 2.24) is 0 Å². The van der Waals surface area contributed by atoms with Crippen LogP contribution in [0.15, 0.2) is 0 Å². The highest BCUT2D eigenvalue weighted by atomic mass is 79.9. The summed E-state index contributed by atoms with van der Waals surface area (Å²) in [4.78, 5) is 11.8. The molecule has 7 heteroatoms. The van der Waals surface area contributed by atoms with Crippen molar-refractivity contribution in [3.63, 3.8) is 0 Å². The van der Waals surface area contributed by atoms with Crippen LogP contribution in [-0.4, -0.2) is 30.0 Å². The SMILES string of the molecule is CS(=O)(=O)C(F)(F)C1(Br)C(=O)C2CCC1C2. The molecule has 0 spiro atoms. The minimum Gasteiger partial charge on any atom is -0.298 e. The number of Topliss-reactive ketones (excluding diaryl/α,β-unsaturated/α-hetero) is 1. The third-order valence-corrected chi connectivity index (χ3v) is 6.67. The molecule has 2 bridgehead atoms. The third kappa shape index (κ3) is 1.27. The minimum atomic E-state index is -4.60. The Morgan fingerprint density at radius 3 is 2.38 bits per heavy atom. The van der Waals surface area contributed by atoms with Gasteiger partial charge in [-0.3, -0.25) is 4.79 Å². The fourth-order valence-electron chi connectivity index (χ4n) is 2.73. The lowest BCUT2D eigenvalue weighted by Gasteiger charge is -2.35. The molecule has 0 amide bonds. The first-order valence-electron chi connectivity index (χ1n) is 4.93. The van der Waals surface area contributed by atoms with Crippen LogP contribution in [-0.2, 0) is 14.6 Å². The monoisotopic (exact) mass is 316 g/mol. The van der Waals surface area contributed by atoms with Gasteiger partial charge < -0.3 is 0 Å². The molecule has 2 saturated carbocycles. The topological polar surface area (TPSA) is 51.2 Å². The number of halogens is 3. The second-order valence-electron chi connectivity index (χ2n) is 4.57. The van der Waals surface area contributed by atoms with Crippen molar-refractivity contribution >= 4 is 31.6 Å². The van der Waals surface area contributed by atoms with Gasteiger partial charge in [0.05, 0.1) is 0 Å². The number of sulfone groups is 1. The van der Waals surface area contributed by atoms with Crippen LogP contribution in [0.5, 0.6) is 0 Å². The lowest BCUT2D eigenvalue weighted by atomic mass is 9.87. The molecule has 16 heavy (non-hydrogen) atoms. The van der Waals surface area contributed by atoms with Crippen LogP contribution < -0.4 is 0 Å². The standard InChI is InChI=1S/C9H11BrF2O3S/c1-16(14,15)9(11,12)8(10)6-3-2-5(4-6)7(8)13/h5-6H,2-4H2,1H3. The number of carbonyl (C=O) groups excluding carboxylic acids is 1. The first-order valence-corrected chi connectivity index (χ1v) is 7.61. The Bertz CT molecular complexity index is 448. The maximum Gasteiger partial charge on any atom is 0.367 e. The Balaban J connectivity index is 2.52. The van der Waals surface area contributed by atoms with E-state index in [2.05, 4.69) is 15.9 Å². The van der Waals surface area contributed by atoms with Crippen LogP contribution in [0.1, 0.15) is 19.3 Å². The largest absolute Gasteiger partial charge is 0.367 e. The van der Waals surface area contributed by atoms with Crippen LogP contribution in [0.25, 0.3) is 0 Å². The number of hydrogen-bond acceptors (Lipinski definition) is 3. The van der Waals surface area contributed by atoms with Crippen molar-refractivity contribution in [2.45, 2.75) is 28.8 Å². The van der Waals surface area contributed by atoms with Gasteiger partial charge in [-0.1, -0.05) is 15.9 Å². The van der Waals surface area contributed by atoms with Crippen molar-refractivity contribution in [3.05, 3.63) is 0 Å². The van der Waals surface area contributed by atoms with Gasteiger partial charge in [0.25, 0.3) is 0 Å². The summed E-state index contributed by atoms with van der Waals surface area (Å²) in [5, 5.41) is -4.03. The number of ketones is 1. The Labute approximate surface area is 101 Å². The van der Waals surface area contributed by atoms with Crippen LogP contribution >= 0.6 is 15.9 Å². The molecular formula is C9H11BrF2O3S. The highest BCUT2D eigenvalue weighted by Crippen LogP contribution is 2.59. The molecule has 3 atom stereocenters. The molecule has 2 fully saturated rings. The van der Waals surface area contributed by atoms with Gasteiger partial charge >= 0.3 is 5.25 Å². The maximum absolute atomic E-state index is 13.9. The molecule has 0 saturated heterocycles. The molecule has 2 rings (SSSR count). The van der Waals surface area contributed by atoms with E-state index >= 15 is 0 Å². The van der Waals surface area contributed by atoms with Gasteiger partial charge in [0.1, 0.15) is 0 Å². The van der Waals surface area contributed by atoms with Crippen LogP contribution in [0, 0.1) is 11.8 Å². The molecular weight excluding hydrogens is 306 g/mol. The van der Waals surface area contributed by atoms with Gasteiger partial charge in [-0.2, -0.15) is 8.78 Å². The van der Waals surface area contributed by atoms with Gasteiger partial charge in [-0.15, -0.1) is 0 Å². The van der Waals surface area contributed by atoms with E-state index in [4.69, 9.17) is 0 Å². The van der Waals surface area contributed by atoms with Crippen molar-refractivity contribution in [3.8, 4) is 0 Å². The van der Waals surface area contributed by atoms with Crippen LogP contribution in [0.4, 0.5) is 8.78 Å². The summed E-state index contributed by atoms with van der Waals surface area (Å²) < 4.78 is 47.8. The van der Waals surface area contributed by atoms with Crippen LogP contribution in [0.2, 0.25) is 0 Å². The van der Waals surface area contributed by atoms with Gasteiger partial charge in [0, 0.05) is 12.2 Å². The zero-order valence-corrected chi connectivity index (χ0v) is 10.9. The number of rotatable bonds is 2. The lowest BCUT2D eigenvalue weighted by molar-refractivity contribution is -0.129. The molecule has 3 nitrogen and oxygen atoms in total. The molecule has 0 aromatic rings. The van der Waals surface area contributed by atoms with Crippen molar-refractivity contribution in [1.29, 1.82) is 0 Å². The van der Waals surface area contributed by atoms with E-state index in [1.165, 1.54) is 0 Å². The van der Waals surface area contributed by atoms with Crippen LogP contribution in [0.3, 0.4) is 0 Å². The Kier molecular flexibility index (Phi) is 2.52. The average molecular weight is 317 g/mol. The van der Waals surface area contributed by atoms with Crippen molar-refractivity contribution < 1.29 is 22.0 Å². The van der Waals surface area contributed by atoms with Crippen molar-refractivity contribution in [2.75, 3.05) is 6.26 Å². The first-order chi connectivity index (χ1) is 7.12. The molecule has 2 aliphatic rings. The summed E-state index contributed by atoms with van der Waals surface area (Å²) in [6, 6.07) is 0. The molecule has 0 aromatic carbocycles. The Morgan fingerprint density at radius 1 is 1.44 bits per heavy atom.